The van der Waals surface area contributed by atoms with E-state index < -0.39 is 34.2 Å². The Labute approximate surface area is 202 Å². The van der Waals surface area contributed by atoms with Crippen molar-refractivity contribution >= 4 is 46.5 Å². The van der Waals surface area contributed by atoms with Crippen LogP contribution in [0, 0.1) is 0 Å². The molecule has 0 aliphatic carbocycles. The van der Waals surface area contributed by atoms with Crippen LogP contribution >= 0.6 is 24.8 Å². The fourth-order valence-corrected chi connectivity index (χ4v) is 4.83. The topological polar surface area (TPSA) is 153 Å². The Kier molecular flexibility index (Phi) is 9.78. The first-order valence-corrected chi connectivity index (χ1v) is 11.9. The number of ether oxygens (including phenoxy) is 1. The number of urea groups is 1. The van der Waals surface area contributed by atoms with Crippen molar-refractivity contribution in [3.63, 3.8) is 0 Å². The van der Waals surface area contributed by atoms with Gasteiger partial charge in [0.25, 0.3) is 0 Å². The van der Waals surface area contributed by atoms with Gasteiger partial charge < -0.3 is 20.9 Å². The van der Waals surface area contributed by atoms with Crippen molar-refractivity contribution < 1.29 is 27.6 Å². The highest BCUT2D eigenvalue weighted by atomic mass is 32.2. The third-order valence-electron chi connectivity index (χ3n) is 4.26. The summed E-state index contributed by atoms with van der Waals surface area (Å²) in [7, 11) is -3.66. The van der Waals surface area contributed by atoms with Crippen molar-refractivity contribution in [1.82, 2.24) is 4.98 Å². The van der Waals surface area contributed by atoms with Gasteiger partial charge in [-0.1, -0.05) is 13.8 Å². The average molecular weight is 526 g/mol. The van der Waals surface area contributed by atoms with Crippen LogP contribution in [0.1, 0.15) is 62.7 Å². The van der Waals surface area contributed by atoms with E-state index in [1.807, 2.05) is 0 Å². The number of hydrogen-bond acceptors (Lipinski definition) is 7. The minimum atomic E-state index is -3.66. The molecule has 0 aliphatic rings. The second kappa shape index (κ2) is 11.1. The Bertz CT molecular complexity index is 1080. The molecular formula is C19H29F2N5O4S3. The van der Waals surface area contributed by atoms with Crippen molar-refractivity contribution in [3.05, 3.63) is 34.5 Å². The van der Waals surface area contributed by atoms with Gasteiger partial charge in [0.2, 0.25) is 0 Å². The number of amides is 2. The number of rotatable bonds is 7. The van der Waals surface area contributed by atoms with Gasteiger partial charge in [0.15, 0.2) is 9.92 Å². The Balaban J connectivity index is 0.00000544. The summed E-state index contributed by atoms with van der Waals surface area (Å²) in [5.41, 5.74) is 5.77. The first kappa shape index (κ1) is 29.2. The second-order valence-electron chi connectivity index (χ2n) is 7.93. The SMILES string of the molecule is CC(C)c1cc(OC(F)F)cc(C(C)N)c1NC(=O)N=S(N)(=O)c1cnc(C(C)(C)O)s1.S. The highest BCUT2D eigenvalue weighted by Gasteiger charge is 2.24. The van der Waals surface area contributed by atoms with Crippen LogP contribution in [0.25, 0.3) is 0 Å². The van der Waals surface area contributed by atoms with E-state index in [1.165, 1.54) is 32.2 Å². The monoisotopic (exact) mass is 525 g/mol. The van der Waals surface area contributed by atoms with Crippen LogP contribution in [0.2, 0.25) is 0 Å². The lowest BCUT2D eigenvalue weighted by atomic mass is 9.94. The van der Waals surface area contributed by atoms with E-state index in [4.69, 9.17) is 10.9 Å². The third kappa shape index (κ3) is 7.58. The number of carbonyl (C=O) groups excluding carboxylic acids is 1. The molecule has 0 saturated heterocycles. The fraction of sp³-hybridized carbons (Fsp3) is 0.474. The van der Waals surface area contributed by atoms with Gasteiger partial charge in [0.05, 0.1) is 11.9 Å². The zero-order valence-corrected chi connectivity index (χ0v) is 21.4. The first-order chi connectivity index (χ1) is 14.6. The van der Waals surface area contributed by atoms with Crippen LogP contribution in [-0.2, 0) is 15.5 Å². The molecule has 0 bridgehead atoms. The summed E-state index contributed by atoms with van der Waals surface area (Å²) in [5.74, 6) is -0.306. The largest absolute Gasteiger partial charge is 0.435 e. The number of thiazole rings is 1. The number of carbonyl (C=O) groups is 1. The molecule has 0 spiro atoms. The van der Waals surface area contributed by atoms with Crippen molar-refractivity contribution in [2.24, 2.45) is 15.2 Å². The smallest absolute Gasteiger partial charge is 0.387 e. The van der Waals surface area contributed by atoms with E-state index in [0.717, 1.165) is 11.3 Å². The number of anilines is 1. The van der Waals surface area contributed by atoms with Gasteiger partial charge in [-0.3, -0.25) is 0 Å². The number of aliphatic hydroxyl groups is 1. The number of aromatic nitrogens is 1. The lowest BCUT2D eigenvalue weighted by Gasteiger charge is -2.21. The maximum atomic E-state index is 12.9. The molecule has 2 aromatic rings. The lowest BCUT2D eigenvalue weighted by molar-refractivity contribution is -0.0499. The Hall–Kier alpha value is -1.84. The van der Waals surface area contributed by atoms with Crippen LogP contribution in [0.4, 0.5) is 19.3 Å². The summed E-state index contributed by atoms with van der Waals surface area (Å²) in [6.45, 7) is 5.17. The van der Waals surface area contributed by atoms with Crippen LogP contribution in [-0.4, -0.2) is 26.9 Å². The molecule has 2 unspecified atom stereocenters. The summed E-state index contributed by atoms with van der Waals surface area (Å²) >= 11 is 0.876. The van der Waals surface area contributed by atoms with Crippen molar-refractivity contribution in [2.75, 3.05) is 5.32 Å². The van der Waals surface area contributed by atoms with E-state index in [0.29, 0.717) is 11.1 Å². The van der Waals surface area contributed by atoms with Crippen LogP contribution in [0.15, 0.2) is 26.9 Å². The molecule has 0 fully saturated rings. The van der Waals surface area contributed by atoms with Crippen LogP contribution in [0.3, 0.4) is 0 Å². The van der Waals surface area contributed by atoms with E-state index in [-0.39, 0.29) is 40.1 Å². The van der Waals surface area contributed by atoms with Crippen molar-refractivity contribution in [2.45, 2.75) is 63.0 Å². The van der Waals surface area contributed by atoms with Gasteiger partial charge in [-0.2, -0.15) is 22.3 Å². The Morgan fingerprint density at radius 1 is 1.30 bits per heavy atom. The minimum absolute atomic E-state index is 0. The van der Waals surface area contributed by atoms with E-state index in [9.17, 15) is 22.9 Å². The van der Waals surface area contributed by atoms with Gasteiger partial charge in [0, 0.05) is 6.04 Å². The summed E-state index contributed by atoms with van der Waals surface area (Å²) in [5, 5.41) is 18.6. The molecule has 1 heterocycles. The Morgan fingerprint density at radius 3 is 2.33 bits per heavy atom. The number of halogens is 2. The maximum absolute atomic E-state index is 12.9. The molecule has 0 saturated carbocycles. The van der Waals surface area contributed by atoms with Crippen LogP contribution < -0.4 is 20.9 Å². The number of hydrogen-bond donors (Lipinski definition) is 4. The third-order valence-corrected chi connectivity index (χ3v) is 7.45. The molecule has 0 aliphatic heterocycles. The van der Waals surface area contributed by atoms with Gasteiger partial charge >= 0.3 is 12.6 Å². The van der Waals surface area contributed by atoms with E-state index >= 15 is 0 Å². The van der Waals surface area contributed by atoms with Gasteiger partial charge in [-0.25, -0.2) is 19.1 Å². The zero-order valence-electron chi connectivity index (χ0n) is 18.8. The van der Waals surface area contributed by atoms with E-state index in [2.05, 4.69) is 19.4 Å². The van der Waals surface area contributed by atoms with Crippen LogP contribution in [0.5, 0.6) is 5.75 Å². The summed E-state index contributed by atoms with van der Waals surface area (Å²) in [6.07, 6.45) is 1.19. The number of nitrogens with two attached hydrogens (primary N) is 2. The standard InChI is InChI=1S/C19H27F2N5O4S2.H2S/c1-9(2)12-6-11(30-17(20)21)7-13(10(3)22)15(12)25-18(27)26-32(23,29)14-8-24-16(31-14)19(4,5)28;/h6-10,17,28H,22H2,1-5H3,(H3,23,25,26,27,29);1H2. The van der Waals surface area contributed by atoms with Crippen molar-refractivity contribution in [3.8, 4) is 5.75 Å². The fourth-order valence-electron chi connectivity index (χ4n) is 2.76. The highest BCUT2D eigenvalue weighted by Crippen LogP contribution is 2.36. The molecule has 6 N–H and O–H groups in total. The quantitative estimate of drug-likeness (QED) is 0.426. The molecule has 2 atom stereocenters. The summed E-state index contributed by atoms with van der Waals surface area (Å²) in [6, 6.07) is 1.01. The predicted molar refractivity (Wildman–Crippen MR) is 130 cm³/mol. The summed E-state index contributed by atoms with van der Waals surface area (Å²) < 4.78 is 46.4. The first-order valence-electron chi connectivity index (χ1n) is 9.54. The Morgan fingerprint density at radius 2 is 1.88 bits per heavy atom. The summed E-state index contributed by atoms with van der Waals surface area (Å²) in [4.78, 5) is 16.6. The normalized spacial score (nSPS) is 14.4. The molecule has 9 nitrogen and oxygen atoms in total. The second-order valence-corrected chi connectivity index (χ2v) is 11.0. The molecule has 2 rings (SSSR count). The molecule has 2 amide bonds. The molecule has 186 valence electrons. The predicted octanol–water partition coefficient (Wildman–Crippen LogP) is 4.16. The maximum Gasteiger partial charge on any atom is 0.387 e. The number of alkyl halides is 2. The van der Waals surface area contributed by atoms with Gasteiger partial charge in [-0.15, -0.1) is 15.7 Å². The lowest BCUT2D eigenvalue weighted by Crippen LogP contribution is -2.20. The number of nitrogens with zero attached hydrogens (tertiary/aromatic N) is 2. The molecular weight excluding hydrogens is 496 g/mol. The zero-order chi connectivity index (χ0) is 24.4. The molecule has 1 aromatic heterocycles. The average Bonchev–Trinajstić information content (AvgIpc) is 3.12. The van der Waals surface area contributed by atoms with Crippen molar-refractivity contribution in [1.29, 1.82) is 0 Å². The minimum Gasteiger partial charge on any atom is -0.435 e. The molecule has 1 aromatic carbocycles. The van der Waals surface area contributed by atoms with Gasteiger partial charge in [0.1, 0.15) is 20.6 Å². The number of nitrogens with one attached hydrogen (secondary N) is 1. The highest BCUT2D eigenvalue weighted by molar-refractivity contribution is 7.93. The molecule has 0 radical (unpaired) electrons. The molecule has 33 heavy (non-hydrogen) atoms. The van der Waals surface area contributed by atoms with E-state index in [1.54, 1.807) is 20.8 Å². The number of benzene rings is 1. The van der Waals surface area contributed by atoms with Gasteiger partial charge in [-0.05, 0) is 49.9 Å². The molecule has 14 heteroatoms.